The van der Waals surface area contributed by atoms with Crippen LogP contribution in [0.25, 0.3) is 10.9 Å². The number of hydrogen-bond acceptors (Lipinski definition) is 5. The number of benzene rings is 1. The molecule has 9 heteroatoms. The van der Waals surface area contributed by atoms with Gasteiger partial charge in [-0.05, 0) is 45.0 Å². The first kappa shape index (κ1) is 19.2. The molecule has 2 aromatic heterocycles. The summed E-state index contributed by atoms with van der Waals surface area (Å²) in [6.07, 6.45) is 1.69. The number of aromatic amines is 1. The van der Waals surface area contributed by atoms with Crippen LogP contribution < -0.4 is 21.1 Å². The number of carbonyl (C=O) groups is 1. The summed E-state index contributed by atoms with van der Waals surface area (Å²) in [5.41, 5.74) is 1.91. The van der Waals surface area contributed by atoms with E-state index in [2.05, 4.69) is 25.6 Å². The quantitative estimate of drug-likeness (QED) is 0.607. The van der Waals surface area contributed by atoms with E-state index in [1.165, 1.54) is 0 Å². The van der Waals surface area contributed by atoms with Gasteiger partial charge in [-0.2, -0.15) is 4.98 Å². The van der Waals surface area contributed by atoms with E-state index in [0.29, 0.717) is 28.9 Å². The first-order valence-corrected chi connectivity index (χ1v) is 9.73. The maximum absolute atomic E-state index is 12.5. The predicted octanol–water partition coefficient (Wildman–Crippen LogP) is 3.58. The highest BCUT2D eigenvalue weighted by atomic mass is 35.5. The number of carbonyl (C=O) groups excluding carboxylic acids is 1. The number of hydrogen-bond donors (Lipinski definition) is 3. The smallest absolute Gasteiger partial charge is 0.323 e. The Morgan fingerprint density at radius 2 is 2.00 bits per heavy atom. The Hall–Kier alpha value is -3.13. The first-order chi connectivity index (χ1) is 13.8. The van der Waals surface area contributed by atoms with Gasteiger partial charge >= 0.3 is 6.03 Å². The molecule has 0 bridgehead atoms. The second-order valence-electron chi connectivity index (χ2n) is 7.32. The molecule has 0 unspecified atom stereocenters. The highest BCUT2D eigenvalue weighted by Crippen LogP contribution is 2.26. The molecule has 0 saturated heterocycles. The van der Waals surface area contributed by atoms with Crippen LogP contribution in [0.3, 0.4) is 0 Å². The monoisotopic (exact) mass is 412 g/mol. The summed E-state index contributed by atoms with van der Waals surface area (Å²) in [5, 5.41) is 7.42. The number of pyridine rings is 1. The van der Waals surface area contributed by atoms with Crippen LogP contribution in [0.5, 0.6) is 0 Å². The summed E-state index contributed by atoms with van der Waals surface area (Å²) in [5.74, 6) is 0.926. The van der Waals surface area contributed by atoms with Gasteiger partial charge in [-0.1, -0.05) is 11.6 Å². The van der Waals surface area contributed by atoms with Crippen molar-refractivity contribution in [3.05, 3.63) is 57.0 Å². The van der Waals surface area contributed by atoms with Crippen LogP contribution in [-0.2, 0) is 6.54 Å². The molecule has 0 spiro atoms. The molecule has 1 aliphatic heterocycles. The normalized spacial score (nSPS) is 14.7. The van der Waals surface area contributed by atoms with Crippen molar-refractivity contribution in [3.63, 3.8) is 0 Å². The minimum atomic E-state index is -0.356. The summed E-state index contributed by atoms with van der Waals surface area (Å²) in [4.78, 5) is 38.1. The summed E-state index contributed by atoms with van der Waals surface area (Å²) < 4.78 is 0. The van der Waals surface area contributed by atoms with Crippen molar-refractivity contribution in [2.24, 2.45) is 0 Å². The van der Waals surface area contributed by atoms with Crippen molar-refractivity contribution in [1.82, 2.24) is 20.3 Å². The maximum Gasteiger partial charge on any atom is 0.323 e. The maximum atomic E-state index is 12.5. The van der Waals surface area contributed by atoms with Gasteiger partial charge in [0.15, 0.2) is 0 Å². The highest BCUT2D eigenvalue weighted by molar-refractivity contribution is 6.31. The number of aromatic nitrogens is 3. The molecular weight excluding hydrogens is 392 g/mol. The van der Waals surface area contributed by atoms with Crippen molar-refractivity contribution in [3.8, 4) is 0 Å². The number of anilines is 2. The molecule has 3 N–H and O–H groups in total. The van der Waals surface area contributed by atoms with Crippen LogP contribution in [0.15, 0.2) is 35.3 Å². The number of nitrogens with zero attached hydrogens (tertiary/aromatic N) is 3. The van der Waals surface area contributed by atoms with E-state index in [1.54, 1.807) is 29.3 Å². The van der Waals surface area contributed by atoms with Gasteiger partial charge in [-0.3, -0.25) is 9.69 Å². The molecule has 0 saturated carbocycles. The van der Waals surface area contributed by atoms with Gasteiger partial charge in [-0.25, -0.2) is 9.78 Å². The highest BCUT2D eigenvalue weighted by Gasteiger charge is 2.28. The van der Waals surface area contributed by atoms with Crippen molar-refractivity contribution in [1.29, 1.82) is 0 Å². The molecule has 1 aromatic carbocycles. The zero-order valence-corrected chi connectivity index (χ0v) is 17.0. The number of halogens is 1. The molecule has 29 heavy (non-hydrogen) atoms. The zero-order valence-electron chi connectivity index (χ0n) is 16.3. The van der Waals surface area contributed by atoms with Crippen molar-refractivity contribution in [2.45, 2.75) is 39.4 Å². The Morgan fingerprint density at radius 3 is 2.76 bits per heavy atom. The van der Waals surface area contributed by atoms with Gasteiger partial charge in [0.2, 0.25) is 5.95 Å². The SMILES string of the molecule is CC(C)N1C(=O)NCc2cnc(N[C@@H](C)c3cc4cc(Cl)ccc4[nH]c3=O)nc21. The van der Waals surface area contributed by atoms with E-state index in [9.17, 15) is 9.59 Å². The lowest BCUT2D eigenvalue weighted by Gasteiger charge is -2.31. The fourth-order valence-corrected chi connectivity index (χ4v) is 3.60. The van der Waals surface area contributed by atoms with E-state index in [4.69, 9.17) is 11.6 Å². The van der Waals surface area contributed by atoms with E-state index in [-0.39, 0.29) is 23.7 Å². The van der Waals surface area contributed by atoms with Gasteiger partial charge in [-0.15, -0.1) is 0 Å². The molecule has 0 radical (unpaired) electrons. The topological polar surface area (TPSA) is 103 Å². The molecule has 2 amide bonds. The summed E-state index contributed by atoms with van der Waals surface area (Å²) in [6, 6.07) is 6.53. The number of nitrogens with one attached hydrogen (secondary N) is 3. The molecule has 3 heterocycles. The average Bonchev–Trinajstić information content (AvgIpc) is 2.67. The zero-order chi connectivity index (χ0) is 20.7. The lowest BCUT2D eigenvalue weighted by Crippen LogP contribution is -2.48. The molecule has 150 valence electrons. The van der Waals surface area contributed by atoms with Crippen LogP contribution in [0.1, 0.15) is 37.9 Å². The van der Waals surface area contributed by atoms with Crippen LogP contribution in [-0.4, -0.2) is 27.0 Å². The van der Waals surface area contributed by atoms with Crippen molar-refractivity contribution < 1.29 is 4.79 Å². The van der Waals surface area contributed by atoms with Crippen LogP contribution in [0.2, 0.25) is 5.02 Å². The van der Waals surface area contributed by atoms with Gasteiger partial charge in [0.1, 0.15) is 5.82 Å². The number of rotatable bonds is 4. The Morgan fingerprint density at radius 1 is 1.21 bits per heavy atom. The Bertz CT molecular complexity index is 1160. The summed E-state index contributed by atoms with van der Waals surface area (Å²) in [6.45, 7) is 6.09. The Labute approximate surface area is 172 Å². The molecule has 1 aliphatic rings. The number of urea groups is 1. The first-order valence-electron chi connectivity index (χ1n) is 9.35. The van der Waals surface area contributed by atoms with Gasteiger partial charge < -0.3 is 15.6 Å². The van der Waals surface area contributed by atoms with Gasteiger partial charge in [0.05, 0.1) is 6.04 Å². The third-order valence-electron chi connectivity index (χ3n) is 4.88. The molecule has 0 fully saturated rings. The molecule has 3 aromatic rings. The fraction of sp³-hybridized carbons (Fsp3) is 0.300. The van der Waals surface area contributed by atoms with E-state index in [0.717, 1.165) is 16.5 Å². The Kier molecular flexibility index (Phi) is 4.87. The summed E-state index contributed by atoms with van der Waals surface area (Å²) >= 11 is 6.07. The van der Waals surface area contributed by atoms with Gasteiger partial charge in [0, 0.05) is 45.8 Å². The number of fused-ring (bicyclic) bond motifs is 2. The third-order valence-corrected chi connectivity index (χ3v) is 5.12. The standard InChI is InChI=1S/C20H21ClN6O2/c1-10(2)27-17-13(9-23-20(27)29)8-22-19(26-17)24-11(3)15-7-12-6-14(21)4-5-16(12)25-18(15)28/h4-8,10-11H,9H2,1-3H3,(H,23,29)(H,25,28)(H,22,24,26)/t11-/m0/s1. The largest absolute Gasteiger partial charge is 0.347 e. The lowest BCUT2D eigenvalue weighted by molar-refractivity contribution is 0.242. The second kappa shape index (κ2) is 7.36. The van der Waals surface area contributed by atoms with Crippen molar-refractivity contribution >= 4 is 40.3 Å². The van der Waals surface area contributed by atoms with Crippen molar-refractivity contribution in [2.75, 3.05) is 10.2 Å². The predicted molar refractivity (Wildman–Crippen MR) is 113 cm³/mol. The minimum Gasteiger partial charge on any atom is -0.347 e. The molecule has 4 rings (SSSR count). The number of H-pyrrole nitrogens is 1. The molecule has 0 aliphatic carbocycles. The third kappa shape index (κ3) is 3.63. The minimum absolute atomic E-state index is 0.0534. The van der Waals surface area contributed by atoms with Gasteiger partial charge in [0.25, 0.3) is 5.56 Å². The molecule has 8 nitrogen and oxygen atoms in total. The lowest BCUT2D eigenvalue weighted by atomic mass is 10.1. The second-order valence-corrected chi connectivity index (χ2v) is 7.75. The molecular formula is C20H21ClN6O2. The summed E-state index contributed by atoms with van der Waals surface area (Å²) in [7, 11) is 0. The van der Waals surface area contributed by atoms with E-state index < -0.39 is 0 Å². The fourth-order valence-electron chi connectivity index (χ4n) is 3.42. The van der Waals surface area contributed by atoms with Crippen LogP contribution >= 0.6 is 11.6 Å². The number of amides is 2. The van der Waals surface area contributed by atoms with Crippen LogP contribution in [0.4, 0.5) is 16.6 Å². The Balaban J connectivity index is 1.66. The average molecular weight is 413 g/mol. The van der Waals surface area contributed by atoms with E-state index >= 15 is 0 Å². The molecule has 1 atom stereocenters. The van der Waals surface area contributed by atoms with E-state index in [1.807, 2.05) is 26.8 Å². The van der Waals surface area contributed by atoms with Crippen LogP contribution in [0, 0.1) is 0 Å².